The molecule has 0 amide bonds. The van der Waals surface area contributed by atoms with Gasteiger partial charge in [-0.15, -0.1) is 0 Å². The summed E-state index contributed by atoms with van der Waals surface area (Å²) in [4.78, 5) is 0. The molecule has 0 saturated carbocycles. The maximum atomic E-state index is 9.80. The molecule has 0 fully saturated rings. The third kappa shape index (κ3) is 1.29. The van der Waals surface area contributed by atoms with Crippen LogP contribution in [0.4, 0.5) is 0 Å². The van der Waals surface area contributed by atoms with Crippen molar-refractivity contribution in [3.63, 3.8) is 0 Å². The maximum Gasteiger partial charge on any atom is 0.195 e. The normalized spacial score (nSPS) is 14.0. The van der Waals surface area contributed by atoms with Crippen LogP contribution in [-0.2, 0) is 5.41 Å². The van der Waals surface area contributed by atoms with Crippen LogP contribution >= 0.6 is 0 Å². The van der Waals surface area contributed by atoms with Gasteiger partial charge in [0.2, 0.25) is 0 Å². The Morgan fingerprint density at radius 1 is 0.714 bits per heavy atom. The van der Waals surface area contributed by atoms with Crippen LogP contribution in [0, 0.1) is 22.7 Å². The van der Waals surface area contributed by atoms with E-state index in [4.69, 9.17) is 0 Å². The standard InChI is InChI=1S/C19H10N2/c20-11-19(12-21)17-8-4-3-7-15(17)16-10-9-13-5-1-2-6-14(13)18(16)19/h1-10H. The number of benzene rings is 3. The quantitative estimate of drug-likeness (QED) is 0.613. The first kappa shape index (κ1) is 11.7. The second kappa shape index (κ2) is 3.95. The molecular formula is C19H10N2. The third-order valence-corrected chi connectivity index (χ3v) is 4.26. The van der Waals surface area contributed by atoms with Crippen LogP contribution in [0.25, 0.3) is 21.9 Å². The second-order valence-electron chi connectivity index (χ2n) is 5.23. The number of fused-ring (bicyclic) bond motifs is 5. The van der Waals surface area contributed by atoms with Crippen molar-refractivity contribution in [2.24, 2.45) is 0 Å². The minimum absolute atomic E-state index is 0.793. The zero-order valence-corrected chi connectivity index (χ0v) is 11.2. The van der Waals surface area contributed by atoms with Gasteiger partial charge in [-0.2, -0.15) is 10.5 Å². The Kier molecular flexibility index (Phi) is 2.20. The molecule has 0 N–H and O–H groups in total. The van der Waals surface area contributed by atoms with Crippen molar-refractivity contribution in [3.8, 4) is 23.3 Å². The van der Waals surface area contributed by atoms with Crippen molar-refractivity contribution in [1.82, 2.24) is 0 Å². The highest BCUT2D eigenvalue weighted by Crippen LogP contribution is 2.50. The van der Waals surface area contributed by atoms with E-state index in [0.717, 1.165) is 33.0 Å². The van der Waals surface area contributed by atoms with Gasteiger partial charge in [0, 0.05) is 5.56 Å². The molecule has 0 radical (unpaired) electrons. The molecule has 0 saturated heterocycles. The minimum Gasteiger partial charge on any atom is -0.196 e. The Labute approximate surface area is 122 Å². The van der Waals surface area contributed by atoms with Gasteiger partial charge in [-0.05, 0) is 27.5 Å². The number of hydrogen-bond acceptors (Lipinski definition) is 2. The summed E-state index contributed by atoms with van der Waals surface area (Å²) in [6, 6.07) is 24.2. The fourth-order valence-corrected chi connectivity index (χ4v) is 3.34. The maximum absolute atomic E-state index is 9.80. The van der Waals surface area contributed by atoms with E-state index in [-0.39, 0.29) is 0 Å². The SMILES string of the molecule is N#CC1(C#N)c2ccccc2-c2ccc3ccccc3c21. The molecule has 0 aliphatic heterocycles. The van der Waals surface area contributed by atoms with Gasteiger partial charge >= 0.3 is 0 Å². The van der Waals surface area contributed by atoms with Gasteiger partial charge in [0.05, 0.1) is 12.1 Å². The fraction of sp³-hybridized carbons (Fsp3) is 0.0526. The number of nitrogens with zero attached hydrogens (tertiary/aromatic N) is 2. The van der Waals surface area contributed by atoms with E-state index in [9.17, 15) is 10.5 Å². The predicted octanol–water partition coefficient (Wildman–Crippen LogP) is 4.15. The van der Waals surface area contributed by atoms with Crippen molar-refractivity contribution >= 4 is 10.8 Å². The highest BCUT2D eigenvalue weighted by atomic mass is 14.5. The summed E-state index contributed by atoms with van der Waals surface area (Å²) in [7, 11) is 0. The zero-order valence-electron chi connectivity index (χ0n) is 11.2. The van der Waals surface area contributed by atoms with Crippen LogP contribution < -0.4 is 0 Å². The Morgan fingerprint density at radius 3 is 2.24 bits per heavy atom. The van der Waals surface area contributed by atoms with E-state index in [1.54, 1.807) is 0 Å². The van der Waals surface area contributed by atoms with E-state index in [1.807, 2.05) is 54.6 Å². The van der Waals surface area contributed by atoms with E-state index < -0.39 is 5.41 Å². The van der Waals surface area contributed by atoms with Crippen LogP contribution in [0.5, 0.6) is 0 Å². The molecule has 2 heteroatoms. The van der Waals surface area contributed by atoms with Gasteiger partial charge in [0.15, 0.2) is 5.41 Å². The lowest BCUT2D eigenvalue weighted by atomic mass is 9.79. The summed E-state index contributed by atoms with van der Waals surface area (Å²) in [5.41, 5.74) is 2.38. The monoisotopic (exact) mass is 266 g/mol. The lowest BCUT2D eigenvalue weighted by molar-refractivity contribution is 0.887. The Hall–Kier alpha value is -3.10. The molecule has 0 atom stereocenters. The summed E-state index contributed by atoms with van der Waals surface area (Å²) in [6.07, 6.45) is 0. The van der Waals surface area contributed by atoms with Crippen molar-refractivity contribution in [2.75, 3.05) is 0 Å². The average molecular weight is 266 g/mol. The highest BCUT2D eigenvalue weighted by Gasteiger charge is 2.45. The summed E-state index contributed by atoms with van der Waals surface area (Å²) in [5, 5.41) is 21.6. The lowest BCUT2D eigenvalue weighted by Gasteiger charge is -2.16. The fourth-order valence-electron chi connectivity index (χ4n) is 3.34. The zero-order chi connectivity index (χ0) is 14.4. The van der Waals surface area contributed by atoms with Gasteiger partial charge in [0.25, 0.3) is 0 Å². The lowest BCUT2D eigenvalue weighted by Crippen LogP contribution is -2.20. The van der Waals surface area contributed by atoms with Crippen molar-refractivity contribution in [1.29, 1.82) is 10.5 Å². The van der Waals surface area contributed by atoms with E-state index in [0.29, 0.717) is 0 Å². The molecular weight excluding hydrogens is 256 g/mol. The molecule has 0 heterocycles. The second-order valence-corrected chi connectivity index (χ2v) is 5.23. The Morgan fingerprint density at radius 2 is 1.43 bits per heavy atom. The number of hydrogen-bond donors (Lipinski definition) is 0. The largest absolute Gasteiger partial charge is 0.196 e. The van der Waals surface area contributed by atoms with Gasteiger partial charge in [0.1, 0.15) is 0 Å². The smallest absolute Gasteiger partial charge is 0.195 e. The first-order valence-corrected chi connectivity index (χ1v) is 6.76. The molecule has 4 rings (SSSR count). The predicted molar refractivity (Wildman–Crippen MR) is 81.4 cm³/mol. The molecule has 2 nitrogen and oxygen atoms in total. The van der Waals surface area contributed by atoms with Crippen LogP contribution in [0.2, 0.25) is 0 Å². The molecule has 1 aliphatic rings. The van der Waals surface area contributed by atoms with E-state index in [2.05, 4.69) is 18.2 Å². The van der Waals surface area contributed by atoms with Gasteiger partial charge < -0.3 is 0 Å². The highest BCUT2D eigenvalue weighted by molar-refractivity contribution is 5.99. The topological polar surface area (TPSA) is 47.6 Å². The van der Waals surface area contributed by atoms with E-state index in [1.165, 1.54) is 0 Å². The molecule has 21 heavy (non-hydrogen) atoms. The first-order valence-electron chi connectivity index (χ1n) is 6.76. The number of nitriles is 2. The number of rotatable bonds is 0. The molecule has 96 valence electrons. The van der Waals surface area contributed by atoms with Crippen molar-refractivity contribution < 1.29 is 0 Å². The van der Waals surface area contributed by atoms with Crippen molar-refractivity contribution in [3.05, 3.63) is 71.8 Å². The van der Waals surface area contributed by atoms with Crippen LogP contribution in [-0.4, -0.2) is 0 Å². The molecule has 0 unspecified atom stereocenters. The Balaban J connectivity index is 2.27. The molecule has 3 aromatic rings. The molecule has 1 aliphatic carbocycles. The third-order valence-electron chi connectivity index (χ3n) is 4.26. The minimum atomic E-state index is -1.22. The van der Waals surface area contributed by atoms with Gasteiger partial charge in [-0.25, -0.2) is 0 Å². The average Bonchev–Trinajstić information content (AvgIpc) is 2.86. The summed E-state index contributed by atoms with van der Waals surface area (Å²) in [6.45, 7) is 0. The van der Waals surface area contributed by atoms with E-state index >= 15 is 0 Å². The van der Waals surface area contributed by atoms with Crippen molar-refractivity contribution in [2.45, 2.75) is 5.41 Å². The molecule has 0 aromatic heterocycles. The van der Waals surface area contributed by atoms with Crippen LogP contribution in [0.1, 0.15) is 11.1 Å². The molecule has 3 aromatic carbocycles. The van der Waals surface area contributed by atoms with Crippen LogP contribution in [0.3, 0.4) is 0 Å². The van der Waals surface area contributed by atoms with Gasteiger partial charge in [-0.1, -0.05) is 60.7 Å². The van der Waals surface area contributed by atoms with Gasteiger partial charge in [-0.3, -0.25) is 0 Å². The summed E-state index contributed by atoms with van der Waals surface area (Å²) in [5.74, 6) is 0. The molecule has 0 spiro atoms. The summed E-state index contributed by atoms with van der Waals surface area (Å²) < 4.78 is 0. The Bertz CT molecular complexity index is 957. The molecule has 0 bridgehead atoms. The van der Waals surface area contributed by atoms with Crippen LogP contribution in [0.15, 0.2) is 60.7 Å². The summed E-state index contributed by atoms with van der Waals surface area (Å²) >= 11 is 0. The first-order chi connectivity index (χ1) is 10.3.